The fourth-order valence-electron chi connectivity index (χ4n) is 7.60. The van der Waals surface area contributed by atoms with Gasteiger partial charge in [-0.1, -0.05) is 127 Å². The van der Waals surface area contributed by atoms with Crippen LogP contribution in [0.3, 0.4) is 0 Å². The van der Waals surface area contributed by atoms with Gasteiger partial charge in [-0.25, -0.2) is 0 Å². The lowest BCUT2D eigenvalue weighted by Gasteiger charge is -2.17. The average Bonchev–Trinajstić information content (AvgIpc) is 3.64. The number of benzene rings is 8. The van der Waals surface area contributed by atoms with Gasteiger partial charge in [0.1, 0.15) is 0 Å². The molecule has 0 spiro atoms. The summed E-state index contributed by atoms with van der Waals surface area (Å²) in [7, 11) is 0. The molecule has 10 aromatic rings. The third-order valence-corrected chi connectivity index (χ3v) is 10.7. The second kappa shape index (κ2) is 9.90. The van der Waals surface area contributed by atoms with Crippen LogP contribution in [0.5, 0.6) is 0 Å². The van der Waals surface area contributed by atoms with E-state index in [-0.39, 0.29) is 0 Å². The van der Waals surface area contributed by atoms with Crippen LogP contribution in [0.4, 0.5) is 0 Å². The first-order chi connectivity index (χ1) is 22.8. The number of nitrogens with zero attached hydrogens (tertiary/aromatic N) is 1. The Morgan fingerprint density at radius 3 is 1.54 bits per heavy atom. The molecule has 0 aliphatic heterocycles. The van der Waals surface area contributed by atoms with Crippen molar-refractivity contribution in [1.29, 1.82) is 0 Å². The highest BCUT2D eigenvalue weighted by atomic mass is 32.1. The molecule has 2 heteroatoms. The first kappa shape index (κ1) is 25.6. The van der Waals surface area contributed by atoms with Crippen molar-refractivity contribution in [3.05, 3.63) is 164 Å². The molecule has 0 amide bonds. The van der Waals surface area contributed by atoms with Gasteiger partial charge in [0.2, 0.25) is 0 Å². The molecule has 0 saturated heterocycles. The van der Waals surface area contributed by atoms with E-state index in [1.165, 1.54) is 91.5 Å². The third kappa shape index (κ3) is 3.68. The maximum absolute atomic E-state index is 2.42. The second-order valence-electron chi connectivity index (χ2n) is 12.1. The van der Waals surface area contributed by atoms with Gasteiger partial charge in [0.25, 0.3) is 0 Å². The SMILES string of the molecule is c1ccc(-c2c3ccccc3c(-c3ccc4c(c3)sc3cc5c(cc34)c3ccccc3n5-c3ccccc3)c3ccccc23)cc1. The Bertz CT molecular complexity index is 2730. The standard InChI is InChI=1S/C44H27NS/c1-3-13-28(14-4-1)43-33-18-7-9-20-35(33)44(36-21-10-8-19-34(36)43)29-23-24-32-38-26-37-31-17-11-12-22-39(31)45(30-15-5-2-6-16-30)40(37)27-42(38)46-41(32)25-29/h1-27H. The summed E-state index contributed by atoms with van der Waals surface area (Å²) in [5.41, 5.74) is 8.79. The van der Waals surface area contributed by atoms with E-state index in [9.17, 15) is 0 Å². The number of fused-ring (bicyclic) bond motifs is 8. The summed E-state index contributed by atoms with van der Waals surface area (Å²) in [4.78, 5) is 0. The lowest BCUT2D eigenvalue weighted by molar-refractivity contribution is 1.18. The zero-order valence-electron chi connectivity index (χ0n) is 24.9. The molecule has 0 atom stereocenters. The van der Waals surface area contributed by atoms with E-state index in [4.69, 9.17) is 0 Å². The smallest absolute Gasteiger partial charge is 0.0555 e. The van der Waals surface area contributed by atoms with Crippen molar-refractivity contribution in [3.63, 3.8) is 0 Å². The molecule has 0 aliphatic carbocycles. The molecule has 0 N–H and O–H groups in total. The van der Waals surface area contributed by atoms with E-state index in [0.29, 0.717) is 0 Å². The predicted molar refractivity (Wildman–Crippen MR) is 200 cm³/mol. The number of hydrogen-bond acceptors (Lipinski definition) is 1. The van der Waals surface area contributed by atoms with Gasteiger partial charge >= 0.3 is 0 Å². The normalized spacial score (nSPS) is 11.9. The number of hydrogen-bond donors (Lipinski definition) is 0. The van der Waals surface area contributed by atoms with E-state index in [0.717, 1.165) is 0 Å². The van der Waals surface area contributed by atoms with Crippen LogP contribution < -0.4 is 0 Å². The van der Waals surface area contributed by atoms with Crippen LogP contribution in [0.2, 0.25) is 0 Å². The summed E-state index contributed by atoms with van der Waals surface area (Å²) in [5.74, 6) is 0. The molecule has 10 rings (SSSR count). The maximum atomic E-state index is 2.42. The highest BCUT2D eigenvalue weighted by Crippen LogP contribution is 2.46. The summed E-state index contributed by atoms with van der Waals surface area (Å²) in [5, 5.41) is 10.4. The molecule has 214 valence electrons. The minimum atomic E-state index is 1.19. The quantitative estimate of drug-likeness (QED) is 0.178. The Morgan fingerprint density at radius 2 is 0.870 bits per heavy atom. The van der Waals surface area contributed by atoms with Crippen LogP contribution in [-0.4, -0.2) is 4.57 Å². The van der Waals surface area contributed by atoms with Crippen molar-refractivity contribution in [2.75, 3.05) is 0 Å². The fourth-order valence-corrected chi connectivity index (χ4v) is 8.76. The van der Waals surface area contributed by atoms with Gasteiger partial charge in [0, 0.05) is 36.6 Å². The second-order valence-corrected chi connectivity index (χ2v) is 13.2. The van der Waals surface area contributed by atoms with Crippen molar-refractivity contribution >= 4 is 74.9 Å². The van der Waals surface area contributed by atoms with Crippen molar-refractivity contribution in [2.24, 2.45) is 0 Å². The molecule has 0 aliphatic rings. The van der Waals surface area contributed by atoms with E-state index >= 15 is 0 Å². The molecule has 2 aromatic heterocycles. The van der Waals surface area contributed by atoms with Crippen LogP contribution in [-0.2, 0) is 0 Å². The Labute approximate surface area is 270 Å². The number of aromatic nitrogens is 1. The molecular formula is C44H27NS. The first-order valence-corrected chi connectivity index (χ1v) is 16.6. The van der Waals surface area contributed by atoms with Crippen LogP contribution in [0.25, 0.3) is 91.5 Å². The van der Waals surface area contributed by atoms with E-state index in [1.807, 2.05) is 11.3 Å². The van der Waals surface area contributed by atoms with E-state index < -0.39 is 0 Å². The van der Waals surface area contributed by atoms with Crippen molar-refractivity contribution < 1.29 is 0 Å². The van der Waals surface area contributed by atoms with Crippen LogP contribution in [0, 0.1) is 0 Å². The van der Waals surface area contributed by atoms with Crippen LogP contribution >= 0.6 is 11.3 Å². The van der Waals surface area contributed by atoms with Crippen molar-refractivity contribution in [2.45, 2.75) is 0 Å². The molecule has 8 aromatic carbocycles. The largest absolute Gasteiger partial charge is 0.309 e. The molecule has 0 unspecified atom stereocenters. The Kier molecular flexibility index (Phi) is 5.51. The third-order valence-electron chi connectivity index (χ3n) is 9.56. The van der Waals surface area contributed by atoms with Crippen LogP contribution in [0.15, 0.2) is 164 Å². The van der Waals surface area contributed by atoms with Gasteiger partial charge in [0.05, 0.1) is 11.0 Å². The molecule has 46 heavy (non-hydrogen) atoms. The lowest BCUT2D eigenvalue weighted by atomic mass is 9.86. The maximum Gasteiger partial charge on any atom is 0.0555 e. The molecule has 0 radical (unpaired) electrons. The Balaban J connectivity index is 1.24. The minimum absolute atomic E-state index is 1.19. The molecule has 0 fully saturated rings. The van der Waals surface area contributed by atoms with Gasteiger partial charge in [-0.3, -0.25) is 0 Å². The molecule has 2 heterocycles. The van der Waals surface area contributed by atoms with Gasteiger partial charge in [-0.15, -0.1) is 11.3 Å². The first-order valence-electron chi connectivity index (χ1n) is 15.8. The van der Waals surface area contributed by atoms with Crippen molar-refractivity contribution in [3.8, 4) is 27.9 Å². The Hall–Kier alpha value is -5.70. The average molecular weight is 602 g/mol. The summed E-state index contributed by atoms with van der Waals surface area (Å²) in [6.45, 7) is 0. The summed E-state index contributed by atoms with van der Waals surface area (Å²) >= 11 is 1.90. The Morgan fingerprint density at radius 1 is 0.326 bits per heavy atom. The van der Waals surface area contributed by atoms with Gasteiger partial charge in [0.15, 0.2) is 0 Å². The van der Waals surface area contributed by atoms with Gasteiger partial charge in [-0.05, 0) is 80.2 Å². The summed E-state index contributed by atoms with van der Waals surface area (Å²) in [6.07, 6.45) is 0. The highest BCUT2D eigenvalue weighted by molar-refractivity contribution is 7.26. The van der Waals surface area contributed by atoms with E-state index in [2.05, 4.69) is 168 Å². The fraction of sp³-hybridized carbons (Fsp3) is 0. The molecule has 1 nitrogen and oxygen atoms in total. The predicted octanol–water partition coefficient (Wildman–Crippen LogP) is 12.8. The topological polar surface area (TPSA) is 4.93 Å². The number of para-hydroxylation sites is 2. The van der Waals surface area contributed by atoms with Gasteiger partial charge in [-0.2, -0.15) is 0 Å². The van der Waals surface area contributed by atoms with Gasteiger partial charge < -0.3 is 4.57 Å². The zero-order chi connectivity index (χ0) is 30.2. The monoisotopic (exact) mass is 601 g/mol. The van der Waals surface area contributed by atoms with Crippen LogP contribution in [0.1, 0.15) is 0 Å². The number of rotatable bonds is 3. The van der Waals surface area contributed by atoms with Crippen molar-refractivity contribution in [1.82, 2.24) is 4.57 Å². The molecule has 0 saturated carbocycles. The zero-order valence-corrected chi connectivity index (χ0v) is 25.8. The highest BCUT2D eigenvalue weighted by Gasteiger charge is 2.19. The van der Waals surface area contributed by atoms with E-state index in [1.54, 1.807) is 0 Å². The molecule has 0 bridgehead atoms. The number of thiophene rings is 1. The minimum Gasteiger partial charge on any atom is -0.309 e. The summed E-state index contributed by atoms with van der Waals surface area (Å²) < 4.78 is 5.04. The lowest BCUT2D eigenvalue weighted by Crippen LogP contribution is -1.92. The molecular weight excluding hydrogens is 575 g/mol. The summed E-state index contributed by atoms with van der Waals surface area (Å²) in [6, 6.07) is 60.1.